The summed E-state index contributed by atoms with van der Waals surface area (Å²) < 4.78 is 34.9. The van der Waals surface area contributed by atoms with Crippen LogP contribution in [0.5, 0.6) is 0 Å². The van der Waals surface area contributed by atoms with Gasteiger partial charge in [-0.3, -0.25) is 0 Å². The Morgan fingerprint density at radius 1 is 1.55 bits per heavy atom. The molecule has 0 aromatic carbocycles. The van der Waals surface area contributed by atoms with E-state index in [0.29, 0.717) is 26.0 Å². The Balaban J connectivity index is 2.14. The maximum absolute atomic E-state index is 12.4. The second-order valence-electron chi connectivity index (χ2n) is 5.90. The molecule has 0 saturated carbocycles. The summed E-state index contributed by atoms with van der Waals surface area (Å²) >= 11 is 0. The average Bonchev–Trinajstić information content (AvgIpc) is 2.69. The number of nitrogens with one attached hydrogen (secondary N) is 1. The fraction of sp³-hybridized carbons (Fsp3) is 0.692. The molecule has 1 aromatic rings. The minimum atomic E-state index is -3.50. The summed E-state index contributed by atoms with van der Waals surface area (Å²) in [4.78, 5) is 0.268. The van der Waals surface area contributed by atoms with Gasteiger partial charge < -0.3 is 15.0 Å². The van der Waals surface area contributed by atoms with E-state index in [2.05, 4.69) is 4.72 Å². The van der Waals surface area contributed by atoms with Crippen LogP contribution in [0, 0.1) is 0 Å². The highest BCUT2D eigenvalue weighted by Gasteiger charge is 2.32. The first kappa shape index (κ1) is 15.5. The standard InChI is InChI=1S/C13H23N3O3S/c1-13(2)7-10(4-5-19-13)15-20(17,18)12-6-11(8-14)16(3)9-12/h6,9-10,15H,4-5,7-8,14H2,1-3H3. The molecule has 114 valence electrons. The van der Waals surface area contributed by atoms with Crippen molar-refractivity contribution in [2.45, 2.75) is 49.8 Å². The molecule has 2 heterocycles. The molecule has 1 aliphatic rings. The Morgan fingerprint density at radius 3 is 2.80 bits per heavy atom. The van der Waals surface area contributed by atoms with Gasteiger partial charge in [0, 0.05) is 38.1 Å². The molecule has 0 radical (unpaired) electrons. The van der Waals surface area contributed by atoms with E-state index in [1.54, 1.807) is 23.9 Å². The second kappa shape index (κ2) is 5.48. The van der Waals surface area contributed by atoms with E-state index in [0.717, 1.165) is 5.69 Å². The first-order chi connectivity index (χ1) is 9.23. The van der Waals surface area contributed by atoms with E-state index in [1.807, 2.05) is 13.8 Å². The van der Waals surface area contributed by atoms with Crippen molar-refractivity contribution in [3.8, 4) is 0 Å². The van der Waals surface area contributed by atoms with Gasteiger partial charge in [0.25, 0.3) is 0 Å². The number of aromatic nitrogens is 1. The summed E-state index contributed by atoms with van der Waals surface area (Å²) in [6.45, 7) is 4.84. The molecule has 3 N–H and O–H groups in total. The van der Waals surface area contributed by atoms with Crippen LogP contribution in [0.4, 0.5) is 0 Å². The monoisotopic (exact) mass is 301 g/mol. The largest absolute Gasteiger partial charge is 0.375 e. The SMILES string of the molecule is Cn1cc(S(=O)(=O)NC2CCOC(C)(C)C2)cc1CN. The third-order valence-electron chi connectivity index (χ3n) is 3.62. The number of rotatable bonds is 4. The molecule has 1 saturated heterocycles. The molecule has 7 heteroatoms. The lowest BCUT2D eigenvalue weighted by molar-refractivity contribution is -0.0599. The maximum atomic E-state index is 12.4. The Labute approximate surface area is 120 Å². The van der Waals surface area contributed by atoms with Crippen LogP contribution in [-0.4, -0.2) is 31.2 Å². The number of nitrogens with two attached hydrogens (primary N) is 1. The van der Waals surface area contributed by atoms with Gasteiger partial charge in [-0.05, 0) is 32.8 Å². The third kappa shape index (κ3) is 3.41. The van der Waals surface area contributed by atoms with E-state index in [-0.39, 0.29) is 16.5 Å². The topological polar surface area (TPSA) is 86.3 Å². The lowest BCUT2D eigenvalue weighted by Crippen LogP contribution is -2.45. The Hall–Kier alpha value is -0.890. The molecule has 20 heavy (non-hydrogen) atoms. The lowest BCUT2D eigenvalue weighted by atomic mass is 9.95. The van der Waals surface area contributed by atoms with Gasteiger partial charge in [0.1, 0.15) is 0 Å². The first-order valence-corrected chi connectivity index (χ1v) is 8.23. The first-order valence-electron chi connectivity index (χ1n) is 6.75. The highest BCUT2D eigenvalue weighted by atomic mass is 32.2. The van der Waals surface area contributed by atoms with Crippen molar-refractivity contribution in [3.63, 3.8) is 0 Å². The van der Waals surface area contributed by atoms with Crippen LogP contribution in [0.25, 0.3) is 0 Å². The van der Waals surface area contributed by atoms with Crippen molar-refractivity contribution < 1.29 is 13.2 Å². The average molecular weight is 301 g/mol. The number of aryl methyl sites for hydroxylation is 1. The van der Waals surface area contributed by atoms with Crippen LogP contribution in [0.15, 0.2) is 17.2 Å². The minimum absolute atomic E-state index is 0.0923. The molecule has 1 aromatic heterocycles. The smallest absolute Gasteiger partial charge is 0.242 e. The van der Waals surface area contributed by atoms with Crippen LogP contribution < -0.4 is 10.5 Å². The molecule has 6 nitrogen and oxygen atoms in total. The number of hydrogen-bond acceptors (Lipinski definition) is 4. The molecule has 0 spiro atoms. The predicted molar refractivity (Wildman–Crippen MR) is 76.7 cm³/mol. The van der Waals surface area contributed by atoms with Gasteiger partial charge in [0.2, 0.25) is 10.0 Å². The minimum Gasteiger partial charge on any atom is -0.375 e. The molecular formula is C13H23N3O3S. The van der Waals surface area contributed by atoms with Gasteiger partial charge in [0.15, 0.2) is 0 Å². The number of ether oxygens (including phenoxy) is 1. The molecule has 1 fully saturated rings. The Morgan fingerprint density at radius 2 is 2.25 bits per heavy atom. The Kier molecular flexibility index (Phi) is 4.24. The van der Waals surface area contributed by atoms with E-state index in [1.165, 1.54) is 0 Å². The summed E-state index contributed by atoms with van der Waals surface area (Å²) in [6, 6.07) is 1.53. The van der Waals surface area contributed by atoms with Crippen molar-refractivity contribution in [1.29, 1.82) is 0 Å². The number of hydrogen-bond donors (Lipinski definition) is 2. The zero-order valence-corrected chi connectivity index (χ0v) is 13.0. The summed E-state index contributed by atoms with van der Waals surface area (Å²) in [6.07, 6.45) is 2.96. The van der Waals surface area contributed by atoms with Crippen LogP contribution in [0.2, 0.25) is 0 Å². The van der Waals surface area contributed by atoms with Crippen molar-refractivity contribution in [2.75, 3.05) is 6.61 Å². The predicted octanol–water partition coefficient (Wildman–Crippen LogP) is 0.720. The maximum Gasteiger partial charge on any atom is 0.242 e. The third-order valence-corrected chi connectivity index (χ3v) is 5.11. The summed E-state index contributed by atoms with van der Waals surface area (Å²) in [7, 11) is -1.71. The van der Waals surface area contributed by atoms with Gasteiger partial charge in [-0.1, -0.05) is 0 Å². The number of nitrogens with zero attached hydrogens (tertiary/aromatic N) is 1. The molecular weight excluding hydrogens is 278 g/mol. The lowest BCUT2D eigenvalue weighted by Gasteiger charge is -2.35. The van der Waals surface area contributed by atoms with Gasteiger partial charge in [0.05, 0.1) is 10.5 Å². The zero-order valence-electron chi connectivity index (χ0n) is 12.2. The van der Waals surface area contributed by atoms with E-state index < -0.39 is 10.0 Å². The molecule has 0 bridgehead atoms. The molecule has 1 aliphatic heterocycles. The highest BCUT2D eigenvalue weighted by molar-refractivity contribution is 7.89. The van der Waals surface area contributed by atoms with Crippen molar-refractivity contribution in [3.05, 3.63) is 18.0 Å². The highest BCUT2D eigenvalue weighted by Crippen LogP contribution is 2.25. The van der Waals surface area contributed by atoms with Gasteiger partial charge in [-0.25, -0.2) is 13.1 Å². The molecule has 0 aliphatic carbocycles. The van der Waals surface area contributed by atoms with Crippen molar-refractivity contribution in [1.82, 2.24) is 9.29 Å². The molecule has 1 atom stereocenters. The molecule has 1 unspecified atom stereocenters. The van der Waals surface area contributed by atoms with Crippen LogP contribution in [-0.2, 0) is 28.4 Å². The van der Waals surface area contributed by atoms with E-state index in [9.17, 15) is 8.42 Å². The fourth-order valence-corrected chi connectivity index (χ4v) is 3.91. The fourth-order valence-electron chi connectivity index (χ4n) is 2.55. The normalized spacial score (nSPS) is 22.9. The molecule has 2 rings (SSSR count). The van der Waals surface area contributed by atoms with Crippen LogP contribution >= 0.6 is 0 Å². The Bertz CT molecular complexity index is 578. The van der Waals surface area contributed by atoms with Crippen molar-refractivity contribution >= 4 is 10.0 Å². The second-order valence-corrected chi connectivity index (χ2v) is 7.62. The van der Waals surface area contributed by atoms with E-state index >= 15 is 0 Å². The number of sulfonamides is 1. The van der Waals surface area contributed by atoms with E-state index in [4.69, 9.17) is 10.5 Å². The quantitative estimate of drug-likeness (QED) is 0.858. The van der Waals surface area contributed by atoms with Gasteiger partial charge in [-0.2, -0.15) is 0 Å². The summed E-state index contributed by atoms with van der Waals surface area (Å²) in [5.41, 5.74) is 6.08. The zero-order chi connectivity index (χ0) is 15.0. The van der Waals surface area contributed by atoms with Gasteiger partial charge >= 0.3 is 0 Å². The molecule has 0 amide bonds. The van der Waals surface area contributed by atoms with Crippen LogP contribution in [0.3, 0.4) is 0 Å². The summed E-state index contributed by atoms with van der Waals surface area (Å²) in [5.74, 6) is 0. The van der Waals surface area contributed by atoms with Crippen LogP contribution in [0.1, 0.15) is 32.4 Å². The van der Waals surface area contributed by atoms with Gasteiger partial charge in [-0.15, -0.1) is 0 Å². The summed E-state index contributed by atoms with van der Waals surface area (Å²) in [5, 5.41) is 0. The van der Waals surface area contributed by atoms with Crippen molar-refractivity contribution in [2.24, 2.45) is 12.8 Å².